The van der Waals surface area contributed by atoms with Gasteiger partial charge in [0.2, 0.25) is 5.91 Å². The first-order valence-electron chi connectivity index (χ1n) is 7.53. The van der Waals surface area contributed by atoms with Gasteiger partial charge in [0, 0.05) is 36.6 Å². The third-order valence-corrected chi connectivity index (χ3v) is 4.41. The number of hydrogen-bond acceptors (Lipinski definition) is 3. The van der Waals surface area contributed by atoms with Crippen molar-refractivity contribution in [3.63, 3.8) is 0 Å². The Balaban J connectivity index is 1.75. The SMILES string of the molecule is C[C@@H]1CN(C(=O)CCNC(=O)c2ccc(Cl)cc2)C[C@H]1CN. The molecule has 1 saturated heterocycles. The summed E-state index contributed by atoms with van der Waals surface area (Å²) in [5.41, 5.74) is 6.23. The summed E-state index contributed by atoms with van der Waals surface area (Å²) in [6.45, 7) is 4.54. The van der Waals surface area contributed by atoms with Crippen molar-refractivity contribution in [1.82, 2.24) is 10.2 Å². The van der Waals surface area contributed by atoms with Crippen LogP contribution in [-0.2, 0) is 4.79 Å². The Morgan fingerprint density at radius 2 is 2.00 bits per heavy atom. The Bertz CT molecular complexity index is 533. The number of nitrogens with one attached hydrogen (secondary N) is 1. The molecule has 1 aliphatic rings. The molecule has 22 heavy (non-hydrogen) atoms. The van der Waals surface area contributed by atoms with Crippen LogP contribution in [0.3, 0.4) is 0 Å². The maximum absolute atomic E-state index is 12.1. The van der Waals surface area contributed by atoms with Gasteiger partial charge >= 0.3 is 0 Å². The quantitative estimate of drug-likeness (QED) is 0.862. The molecule has 2 atom stereocenters. The van der Waals surface area contributed by atoms with Gasteiger partial charge in [-0.3, -0.25) is 9.59 Å². The van der Waals surface area contributed by atoms with E-state index in [1.807, 2.05) is 4.90 Å². The number of amides is 2. The molecule has 1 heterocycles. The second kappa shape index (κ2) is 7.61. The highest BCUT2D eigenvalue weighted by Crippen LogP contribution is 2.22. The molecule has 1 aromatic carbocycles. The van der Waals surface area contributed by atoms with Crippen molar-refractivity contribution < 1.29 is 9.59 Å². The van der Waals surface area contributed by atoms with E-state index < -0.39 is 0 Å². The second-order valence-electron chi connectivity index (χ2n) is 5.78. The zero-order valence-corrected chi connectivity index (χ0v) is 13.5. The van der Waals surface area contributed by atoms with Gasteiger partial charge in [-0.2, -0.15) is 0 Å². The number of carbonyl (C=O) groups is 2. The zero-order chi connectivity index (χ0) is 16.1. The molecule has 0 aromatic heterocycles. The Morgan fingerprint density at radius 1 is 1.32 bits per heavy atom. The normalized spacial score (nSPS) is 21.0. The molecule has 0 spiro atoms. The first-order chi connectivity index (χ1) is 10.5. The number of hydrogen-bond donors (Lipinski definition) is 2. The van der Waals surface area contributed by atoms with Crippen molar-refractivity contribution >= 4 is 23.4 Å². The number of benzene rings is 1. The van der Waals surface area contributed by atoms with Gasteiger partial charge in [-0.1, -0.05) is 18.5 Å². The molecule has 1 aromatic rings. The summed E-state index contributed by atoms with van der Waals surface area (Å²) in [4.78, 5) is 25.9. The molecule has 1 fully saturated rings. The van der Waals surface area contributed by atoms with Crippen LogP contribution >= 0.6 is 11.6 Å². The molecule has 5 nitrogen and oxygen atoms in total. The predicted molar refractivity (Wildman–Crippen MR) is 86.7 cm³/mol. The molecule has 2 rings (SSSR count). The second-order valence-corrected chi connectivity index (χ2v) is 6.22. The lowest BCUT2D eigenvalue weighted by atomic mass is 9.99. The predicted octanol–water partition coefficient (Wildman–Crippen LogP) is 1.51. The van der Waals surface area contributed by atoms with Gasteiger partial charge in [-0.25, -0.2) is 0 Å². The molecule has 0 saturated carbocycles. The molecule has 1 aliphatic heterocycles. The highest BCUT2D eigenvalue weighted by atomic mass is 35.5. The third-order valence-electron chi connectivity index (χ3n) is 4.15. The smallest absolute Gasteiger partial charge is 0.251 e. The van der Waals surface area contributed by atoms with E-state index in [1.165, 1.54) is 0 Å². The molecule has 0 radical (unpaired) electrons. The van der Waals surface area contributed by atoms with E-state index in [2.05, 4.69) is 12.2 Å². The van der Waals surface area contributed by atoms with Gasteiger partial charge in [0.1, 0.15) is 0 Å². The van der Waals surface area contributed by atoms with Gasteiger partial charge in [0.05, 0.1) is 0 Å². The fourth-order valence-corrected chi connectivity index (χ4v) is 2.82. The maximum atomic E-state index is 12.1. The van der Waals surface area contributed by atoms with Crippen molar-refractivity contribution in [2.24, 2.45) is 17.6 Å². The van der Waals surface area contributed by atoms with Gasteiger partial charge < -0.3 is 16.0 Å². The van der Waals surface area contributed by atoms with E-state index in [-0.39, 0.29) is 11.8 Å². The molecule has 0 bridgehead atoms. The average molecular weight is 324 g/mol. The average Bonchev–Trinajstić information content (AvgIpc) is 2.89. The summed E-state index contributed by atoms with van der Waals surface area (Å²) in [6, 6.07) is 6.65. The number of nitrogens with zero attached hydrogens (tertiary/aromatic N) is 1. The van der Waals surface area contributed by atoms with Crippen LogP contribution in [0.5, 0.6) is 0 Å². The Hall–Kier alpha value is -1.59. The Kier molecular flexibility index (Phi) is 5.80. The molecule has 3 N–H and O–H groups in total. The van der Waals surface area contributed by atoms with Crippen LogP contribution in [0.4, 0.5) is 0 Å². The van der Waals surface area contributed by atoms with Crippen molar-refractivity contribution in [2.75, 3.05) is 26.2 Å². The van der Waals surface area contributed by atoms with Gasteiger partial charge in [0.15, 0.2) is 0 Å². The van der Waals surface area contributed by atoms with Crippen LogP contribution in [0.15, 0.2) is 24.3 Å². The van der Waals surface area contributed by atoms with Crippen LogP contribution < -0.4 is 11.1 Å². The lowest BCUT2D eigenvalue weighted by Crippen LogP contribution is -2.33. The first-order valence-corrected chi connectivity index (χ1v) is 7.90. The summed E-state index contributed by atoms with van der Waals surface area (Å²) in [5.74, 6) is 0.698. The maximum Gasteiger partial charge on any atom is 0.251 e. The van der Waals surface area contributed by atoms with E-state index in [4.69, 9.17) is 17.3 Å². The summed E-state index contributed by atoms with van der Waals surface area (Å²) in [6.07, 6.45) is 0.309. The van der Waals surface area contributed by atoms with Crippen LogP contribution in [0.25, 0.3) is 0 Å². The number of rotatable bonds is 5. The van der Waals surface area contributed by atoms with Crippen molar-refractivity contribution in [2.45, 2.75) is 13.3 Å². The van der Waals surface area contributed by atoms with Crippen LogP contribution in [0.1, 0.15) is 23.7 Å². The standard InChI is InChI=1S/C16H22ClN3O2/c1-11-9-20(10-13(11)8-18)15(21)6-7-19-16(22)12-2-4-14(17)5-3-12/h2-5,11,13H,6-10,18H2,1H3,(H,19,22)/t11-,13-/m1/s1. The number of carbonyl (C=O) groups excluding carboxylic acids is 2. The minimum absolute atomic E-state index is 0.0687. The molecule has 0 aliphatic carbocycles. The van der Waals surface area contributed by atoms with Gasteiger partial charge in [0.25, 0.3) is 5.91 Å². The van der Waals surface area contributed by atoms with Crippen molar-refractivity contribution in [3.8, 4) is 0 Å². The van der Waals surface area contributed by atoms with E-state index in [1.54, 1.807) is 24.3 Å². The minimum atomic E-state index is -0.195. The summed E-state index contributed by atoms with van der Waals surface area (Å²) in [5, 5.41) is 3.34. The molecule has 2 amide bonds. The van der Waals surface area contributed by atoms with E-state index >= 15 is 0 Å². The third kappa shape index (κ3) is 4.21. The van der Waals surface area contributed by atoms with Crippen LogP contribution in [0.2, 0.25) is 5.02 Å². The molecule has 0 unspecified atom stereocenters. The van der Waals surface area contributed by atoms with E-state index in [0.717, 1.165) is 13.1 Å². The van der Waals surface area contributed by atoms with Crippen LogP contribution in [-0.4, -0.2) is 42.9 Å². The van der Waals surface area contributed by atoms with Gasteiger partial charge in [-0.05, 0) is 42.6 Å². The minimum Gasteiger partial charge on any atom is -0.352 e. The molecule has 120 valence electrons. The Labute approximate surface area is 135 Å². The highest BCUT2D eigenvalue weighted by Gasteiger charge is 2.30. The molecular formula is C16H22ClN3O2. The highest BCUT2D eigenvalue weighted by molar-refractivity contribution is 6.30. The van der Waals surface area contributed by atoms with Crippen molar-refractivity contribution in [1.29, 1.82) is 0 Å². The number of halogens is 1. The topological polar surface area (TPSA) is 75.4 Å². The first kappa shape index (κ1) is 16.8. The largest absolute Gasteiger partial charge is 0.352 e. The summed E-state index contributed by atoms with van der Waals surface area (Å²) in [7, 11) is 0. The Morgan fingerprint density at radius 3 is 2.59 bits per heavy atom. The van der Waals surface area contributed by atoms with Gasteiger partial charge in [-0.15, -0.1) is 0 Å². The fourth-order valence-electron chi connectivity index (χ4n) is 2.69. The number of nitrogens with two attached hydrogens (primary N) is 1. The number of likely N-dealkylation sites (tertiary alicyclic amines) is 1. The van der Waals surface area contributed by atoms with Crippen molar-refractivity contribution in [3.05, 3.63) is 34.9 Å². The zero-order valence-electron chi connectivity index (χ0n) is 12.7. The fraction of sp³-hybridized carbons (Fsp3) is 0.500. The molecule has 6 heteroatoms. The van der Waals surface area contributed by atoms with Crippen LogP contribution in [0, 0.1) is 11.8 Å². The molecular weight excluding hydrogens is 302 g/mol. The van der Waals surface area contributed by atoms with E-state index in [9.17, 15) is 9.59 Å². The van der Waals surface area contributed by atoms with E-state index in [0.29, 0.717) is 41.9 Å². The summed E-state index contributed by atoms with van der Waals surface area (Å²) < 4.78 is 0. The summed E-state index contributed by atoms with van der Waals surface area (Å²) >= 11 is 5.78. The lowest BCUT2D eigenvalue weighted by Gasteiger charge is -2.16. The monoisotopic (exact) mass is 323 g/mol. The lowest BCUT2D eigenvalue weighted by molar-refractivity contribution is -0.130.